The smallest absolute Gasteiger partial charge is 0.123 e. The van der Waals surface area contributed by atoms with E-state index >= 15 is 0 Å². The van der Waals surface area contributed by atoms with Crippen LogP contribution in [0.4, 0.5) is 4.39 Å². The summed E-state index contributed by atoms with van der Waals surface area (Å²) in [5.41, 5.74) is 7.81. The molecular formula is C25H23FN2. The zero-order valence-corrected chi connectivity index (χ0v) is 16.4. The molecule has 0 unspecified atom stereocenters. The van der Waals surface area contributed by atoms with Crippen LogP contribution in [0.2, 0.25) is 0 Å². The van der Waals surface area contributed by atoms with Crippen molar-refractivity contribution in [2.45, 2.75) is 20.8 Å². The summed E-state index contributed by atoms with van der Waals surface area (Å²) in [5.74, 6) is -0.206. The molecule has 0 amide bonds. The molecule has 0 saturated carbocycles. The van der Waals surface area contributed by atoms with E-state index in [1.165, 1.54) is 34.4 Å². The van der Waals surface area contributed by atoms with Gasteiger partial charge in [-0.05, 0) is 73.9 Å². The second kappa shape index (κ2) is 9.05. The third-order valence-corrected chi connectivity index (χ3v) is 4.49. The van der Waals surface area contributed by atoms with Crippen molar-refractivity contribution >= 4 is 0 Å². The molecule has 0 aliphatic heterocycles. The van der Waals surface area contributed by atoms with Gasteiger partial charge in [0.15, 0.2) is 0 Å². The SMILES string of the molecule is Cc1cc(F)ccc1-c1ccccn1.Cc1ccc(C)c(-c2cccnc2)c1. The minimum atomic E-state index is -0.206. The Bertz CT molecular complexity index is 1040. The first kappa shape index (κ1) is 19.4. The molecule has 0 atom stereocenters. The van der Waals surface area contributed by atoms with Crippen LogP contribution in [0.3, 0.4) is 0 Å². The molecular weight excluding hydrogens is 347 g/mol. The maximum atomic E-state index is 12.8. The van der Waals surface area contributed by atoms with Crippen molar-refractivity contribution in [1.82, 2.24) is 9.97 Å². The third kappa shape index (κ3) is 4.89. The van der Waals surface area contributed by atoms with Gasteiger partial charge in [0.1, 0.15) is 5.82 Å². The Labute approximate surface area is 165 Å². The molecule has 0 N–H and O–H groups in total. The minimum absolute atomic E-state index is 0.206. The van der Waals surface area contributed by atoms with Gasteiger partial charge in [-0.3, -0.25) is 9.97 Å². The highest BCUT2D eigenvalue weighted by molar-refractivity contribution is 5.67. The Hall–Kier alpha value is -3.33. The van der Waals surface area contributed by atoms with Gasteiger partial charge in [0.25, 0.3) is 0 Å². The second-order valence-corrected chi connectivity index (χ2v) is 6.73. The van der Waals surface area contributed by atoms with Crippen LogP contribution in [0.5, 0.6) is 0 Å². The summed E-state index contributed by atoms with van der Waals surface area (Å²) in [4.78, 5) is 8.35. The van der Waals surface area contributed by atoms with Crippen molar-refractivity contribution in [2.75, 3.05) is 0 Å². The number of halogens is 1. The number of aryl methyl sites for hydroxylation is 3. The summed E-state index contributed by atoms with van der Waals surface area (Å²) in [6.07, 6.45) is 5.44. The van der Waals surface area contributed by atoms with Crippen molar-refractivity contribution in [3.05, 3.63) is 108 Å². The van der Waals surface area contributed by atoms with Crippen molar-refractivity contribution in [1.29, 1.82) is 0 Å². The molecule has 140 valence electrons. The predicted molar refractivity (Wildman–Crippen MR) is 114 cm³/mol. The molecule has 0 saturated heterocycles. The summed E-state index contributed by atoms with van der Waals surface area (Å²) in [6.45, 7) is 6.12. The van der Waals surface area contributed by atoms with Crippen LogP contribution in [-0.2, 0) is 0 Å². The number of hydrogen-bond acceptors (Lipinski definition) is 2. The summed E-state index contributed by atoms with van der Waals surface area (Å²) in [7, 11) is 0. The van der Waals surface area contributed by atoms with E-state index in [1.54, 1.807) is 18.5 Å². The Morgan fingerprint density at radius 1 is 0.714 bits per heavy atom. The molecule has 0 aliphatic rings. The van der Waals surface area contributed by atoms with Gasteiger partial charge in [0.2, 0.25) is 0 Å². The van der Waals surface area contributed by atoms with Crippen molar-refractivity contribution in [3.8, 4) is 22.4 Å². The zero-order valence-electron chi connectivity index (χ0n) is 16.4. The van der Waals surface area contributed by atoms with E-state index in [4.69, 9.17) is 0 Å². The third-order valence-electron chi connectivity index (χ3n) is 4.49. The van der Waals surface area contributed by atoms with Crippen LogP contribution in [0.25, 0.3) is 22.4 Å². The van der Waals surface area contributed by atoms with Gasteiger partial charge >= 0.3 is 0 Å². The average Bonchev–Trinajstić information content (AvgIpc) is 2.72. The highest BCUT2D eigenvalue weighted by atomic mass is 19.1. The lowest BCUT2D eigenvalue weighted by molar-refractivity contribution is 0.627. The summed E-state index contributed by atoms with van der Waals surface area (Å²) >= 11 is 0. The van der Waals surface area contributed by atoms with Gasteiger partial charge in [0, 0.05) is 29.7 Å². The largest absolute Gasteiger partial charge is 0.264 e. The van der Waals surface area contributed by atoms with Gasteiger partial charge in [-0.2, -0.15) is 0 Å². The fraction of sp³-hybridized carbons (Fsp3) is 0.120. The topological polar surface area (TPSA) is 25.8 Å². The molecule has 0 radical (unpaired) electrons. The first-order chi connectivity index (χ1) is 13.5. The van der Waals surface area contributed by atoms with E-state index in [2.05, 4.69) is 48.1 Å². The Balaban J connectivity index is 0.000000161. The van der Waals surface area contributed by atoms with Crippen LogP contribution < -0.4 is 0 Å². The Morgan fingerprint density at radius 2 is 1.57 bits per heavy atom. The maximum absolute atomic E-state index is 12.8. The molecule has 0 aliphatic carbocycles. The lowest BCUT2D eigenvalue weighted by atomic mass is 10.00. The van der Waals surface area contributed by atoms with E-state index in [1.807, 2.05) is 37.4 Å². The van der Waals surface area contributed by atoms with Gasteiger partial charge in [-0.25, -0.2) is 4.39 Å². The lowest BCUT2D eigenvalue weighted by Gasteiger charge is -2.06. The zero-order chi connectivity index (χ0) is 19.9. The van der Waals surface area contributed by atoms with E-state index in [9.17, 15) is 4.39 Å². The summed E-state index contributed by atoms with van der Waals surface area (Å²) in [5, 5.41) is 0. The first-order valence-corrected chi connectivity index (χ1v) is 9.20. The van der Waals surface area contributed by atoms with Gasteiger partial charge in [-0.1, -0.05) is 35.9 Å². The molecule has 2 nitrogen and oxygen atoms in total. The quantitative estimate of drug-likeness (QED) is 0.399. The molecule has 3 heteroatoms. The van der Waals surface area contributed by atoms with Gasteiger partial charge in [-0.15, -0.1) is 0 Å². The van der Waals surface area contributed by atoms with Crippen LogP contribution >= 0.6 is 0 Å². The van der Waals surface area contributed by atoms with Crippen LogP contribution in [0.15, 0.2) is 85.3 Å². The number of benzene rings is 2. The summed E-state index contributed by atoms with van der Waals surface area (Å²) in [6, 6.07) is 21.0. The van der Waals surface area contributed by atoms with Crippen LogP contribution in [0.1, 0.15) is 16.7 Å². The number of pyridine rings is 2. The molecule has 2 aromatic heterocycles. The molecule has 2 aromatic carbocycles. The van der Waals surface area contributed by atoms with Crippen LogP contribution in [-0.4, -0.2) is 9.97 Å². The van der Waals surface area contributed by atoms with E-state index in [0.717, 1.165) is 16.8 Å². The first-order valence-electron chi connectivity index (χ1n) is 9.20. The normalized spacial score (nSPS) is 10.1. The van der Waals surface area contributed by atoms with Crippen molar-refractivity contribution in [3.63, 3.8) is 0 Å². The van der Waals surface area contributed by atoms with Gasteiger partial charge < -0.3 is 0 Å². The second-order valence-electron chi connectivity index (χ2n) is 6.73. The lowest BCUT2D eigenvalue weighted by Crippen LogP contribution is -1.87. The molecule has 28 heavy (non-hydrogen) atoms. The highest BCUT2D eigenvalue weighted by Crippen LogP contribution is 2.23. The molecule has 0 fully saturated rings. The number of rotatable bonds is 2. The fourth-order valence-corrected chi connectivity index (χ4v) is 3.01. The molecule has 0 spiro atoms. The Morgan fingerprint density at radius 3 is 2.25 bits per heavy atom. The fourth-order valence-electron chi connectivity index (χ4n) is 3.01. The molecule has 4 aromatic rings. The van der Waals surface area contributed by atoms with E-state index < -0.39 is 0 Å². The number of nitrogens with zero attached hydrogens (tertiary/aromatic N) is 2. The Kier molecular flexibility index (Phi) is 6.28. The number of aromatic nitrogens is 2. The molecule has 0 bridgehead atoms. The monoisotopic (exact) mass is 370 g/mol. The standard InChI is InChI=1S/C13H13N.C12H10FN/c1-10-5-6-11(2)13(8-10)12-4-3-7-14-9-12;1-9-8-10(13)5-6-11(9)12-4-2-3-7-14-12/h3-9H,1-2H3;2-8H,1H3. The average molecular weight is 370 g/mol. The molecule has 4 rings (SSSR count). The number of hydrogen-bond donors (Lipinski definition) is 0. The minimum Gasteiger partial charge on any atom is -0.264 e. The van der Waals surface area contributed by atoms with Crippen molar-refractivity contribution in [2.24, 2.45) is 0 Å². The van der Waals surface area contributed by atoms with Crippen LogP contribution in [0, 0.1) is 26.6 Å². The maximum Gasteiger partial charge on any atom is 0.123 e. The van der Waals surface area contributed by atoms with E-state index in [-0.39, 0.29) is 5.82 Å². The molecule has 2 heterocycles. The predicted octanol–water partition coefficient (Wildman–Crippen LogP) is 6.56. The van der Waals surface area contributed by atoms with Crippen molar-refractivity contribution < 1.29 is 4.39 Å². The summed E-state index contributed by atoms with van der Waals surface area (Å²) < 4.78 is 12.8. The van der Waals surface area contributed by atoms with E-state index in [0.29, 0.717) is 0 Å². The van der Waals surface area contributed by atoms with Gasteiger partial charge in [0.05, 0.1) is 5.69 Å². The highest BCUT2D eigenvalue weighted by Gasteiger charge is 2.03.